The molecule has 1 fully saturated rings. The summed E-state index contributed by atoms with van der Waals surface area (Å²) in [5, 5.41) is 7.65. The van der Waals surface area contributed by atoms with Crippen LogP contribution in [0.1, 0.15) is 18.2 Å². The third-order valence-electron chi connectivity index (χ3n) is 4.36. The number of nitrogens with zero attached hydrogens (tertiary/aromatic N) is 3. The average molecular weight is 294 g/mol. The third kappa shape index (κ3) is 2.05. The van der Waals surface area contributed by atoms with E-state index in [4.69, 9.17) is 4.74 Å². The van der Waals surface area contributed by atoms with Crippen molar-refractivity contribution in [1.29, 1.82) is 0 Å². The van der Waals surface area contributed by atoms with E-state index >= 15 is 0 Å². The number of benzene rings is 1. The molecule has 1 N–H and O–H groups in total. The van der Waals surface area contributed by atoms with E-state index in [9.17, 15) is 0 Å². The SMILES string of the molecule is Cc1ccc(-c2cc(C3(C)COC3)[nH]n2)cc1-n1ccnc1. The van der Waals surface area contributed by atoms with Crippen LogP contribution < -0.4 is 0 Å². The molecule has 0 saturated carbocycles. The summed E-state index contributed by atoms with van der Waals surface area (Å²) in [5.74, 6) is 0. The number of aromatic nitrogens is 4. The lowest BCUT2D eigenvalue weighted by molar-refractivity contribution is -0.0521. The van der Waals surface area contributed by atoms with Crippen LogP contribution in [-0.2, 0) is 10.2 Å². The Kier molecular flexibility index (Phi) is 2.90. The van der Waals surface area contributed by atoms with Crippen molar-refractivity contribution in [2.45, 2.75) is 19.3 Å². The molecule has 0 unspecified atom stereocenters. The van der Waals surface area contributed by atoms with Crippen LogP contribution in [-0.4, -0.2) is 33.0 Å². The molecule has 0 spiro atoms. The molecule has 3 aromatic rings. The number of H-pyrrole nitrogens is 1. The molecule has 4 rings (SSSR count). The summed E-state index contributed by atoms with van der Waals surface area (Å²) in [7, 11) is 0. The van der Waals surface area contributed by atoms with Gasteiger partial charge in [0.2, 0.25) is 0 Å². The lowest BCUT2D eigenvalue weighted by atomic mass is 9.85. The number of aryl methyl sites for hydroxylation is 1. The molecule has 1 aromatic carbocycles. The van der Waals surface area contributed by atoms with Gasteiger partial charge in [-0.05, 0) is 31.5 Å². The van der Waals surface area contributed by atoms with Gasteiger partial charge in [0.1, 0.15) is 0 Å². The zero-order chi connectivity index (χ0) is 15.2. The normalized spacial score (nSPS) is 16.5. The second kappa shape index (κ2) is 4.81. The van der Waals surface area contributed by atoms with Crippen LogP contribution in [0.4, 0.5) is 0 Å². The van der Waals surface area contributed by atoms with Crippen molar-refractivity contribution in [2.75, 3.05) is 13.2 Å². The van der Waals surface area contributed by atoms with Gasteiger partial charge in [-0.3, -0.25) is 5.10 Å². The van der Waals surface area contributed by atoms with Crippen LogP contribution in [0.3, 0.4) is 0 Å². The van der Waals surface area contributed by atoms with E-state index in [1.807, 2.05) is 17.1 Å². The molecule has 1 aliphatic rings. The van der Waals surface area contributed by atoms with Crippen LogP contribution in [0.2, 0.25) is 0 Å². The maximum absolute atomic E-state index is 5.33. The van der Waals surface area contributed by atoms with Crippen LogP contribution in [0.15, 0.2) is 43.0 Å². The topological polar surface area (TPSA) is 55.7 Å². The summed E-state index contributed by atoms with van der Waals surface area (Å²) in [5.41, 5.74) is 5.60. The molecule has 112 valence electrons. The van der Waals surface area contributed by atoms with Gasteiger partial charge in [0.05, 0.1) is 36.3 Å². The van der Waals surface area contributed by atoms with Crippen molar-refractivity contribution in [3.8, 4) is 16.9 Å². The number of aromatic amines is 1. The van der Waals surface area contributed by atoms with Crippen molar-refractivity contribution in [3.05, 3.63) is 54.2 Å². The minimum atomic E-state index is 0.0725. The Hall–Kier alpha value is -2.40. The maximum atomic E-state index is 5.33. The lowest BCUT2D eigenvalue weighted by Crippen LogP contribution is -2.44. The highest BCUT2D eigenvalue weighted by atomic mass is 16.5. The molecule has 1 saturated heterocycles. The van der Waals surface area contributed by atoms with Gasteiger partial charge in [-0.2, -0.15) is 5.10 Å². The maximum Gasteiger partial charge on any atom is 0.0991 e. The first-order chi connectivity index (χ1) is 10.7. The highest BCUT2D eigenvalue weighted by Crippen LogP contribution is 2.33. The minimum absolute atomic E-state index is 0.0725. The Morgan fingerprint density at radius 3 is 2.82 bits per heavy atom. The molecular weight excluding hydrogens is 276 g/mol. The highest BCUT2D eigenvalue weighted by Gasteiger charge is 2.37. The Morgan fingerprint density at radius 2 is 2.14 bits per heavy atom. The van der Waals surface area contributed by atoms with Crippen molar-refractivity contribution >= 4 is 0 Å². The van der Waals surface area contributed by atoms with E-state index in [1.165, 1.54) is 5.56 Å². The van der Waals surface area contributed by atoms with Gasteiger partial charge in [-0.25, -0.2) is 4.98 Å². The van der Waals surface area contributed by atoms with Crippen molar-refractivity contribution in [3.63, 3.8) is 0 Å². The summed E-state index contributed by atoms with van der Waals surface area (Å²) in [6.45, 7) is 5.80. The van der Waals surface area contributed by atoms with Gasteiger partial charge < -0.3 is 9.30 Å². The summed E-state index contributed by atoms with van der Waals surface area (Å²) < 4.78 is 7.35. The summed E-state index contributed by atoms with van der Waals surface area (Å²) >= 11 is 0. The van der Waals surface area contributed by atoms with E-state index < -0.39 is 0 Å². The first-order valence-corrected chi connectivity index (χ1v) is 7.39. The molecule has 5 heteroatoms. The Bertz CT molecular complexity index is 800. The van der Waals surface area contributed by atoms with Crippen LogP contribution in [0, 0.1) is 6.92 Å². The van der Waals surface area contributed by atoms with Gasteiger partial charge in [0.25, 0.3) is 0 Å². The summed E-state index contributed by atoms with van der Waals surface area (Å²) in [6, 6.07) is 8.50. The standard InChI is InChI=1S/C17H18N4O/c1-12-3-4-13(7-15(12)21-6-5-18-11-21)14-8-16(20-19-14)17(2)9-22-10-17/h3-8,11H,9-10H2,1-2H3,(H,19,20). The second-order valence-corrected chi connectivity index (χ2v) is 6.19. The third-order valence-corrected chi connectivity index (χ3v) is 4.36. The van der Waals surface area contributed by atoms with E-state index in [-0.39, 0.29) is 5.41 Å². The molecule has 3 heterocycles. The molecular formula is C17H18N4O. The van der Waals surface area contributed by atoms with Crippen molar-refractivity contribution in [2.24, 2.45) is 0 Å². The molecule has 2 aromatic heterocycles. The Balaban J connectivity index is 1.73. The van der Waals surface area contributed by atoms with E-state index in [0.29, 0.717) is 0 Å². The lowest BCUT2D eigenvalue weighted by Gasteiger charge is -2.36. The fourth-order valence-electron chi connectivity index (χ4n) is 2.79. The zero-order valence-corrected chi connectivity index (χ0v) is 12.7. The number of imidazole rings is 1. The van der Waals surface area contributed by atoms with Crippen LogP contribution in [0.5, 0.6) is 0 Å². The first-order valence-electron chi connectivity index (χ1n) is 7.39. The van der Waals surface area contributed by atoms with Crippen molar-refractivity contribution in [1.82, 2.24) is 19.7 Å². The van der Waals surface area contributed by atoms with Gasteiger partial charge >= 0.3 is 0 Å². The predicted molar refractivity (Wildman–Crippen MR) is 84.1 cm³/mol. The molecule has 0 amide bonds. The smallest absolute Gasteiger partial charge is 0.0991 e. The molecule has 0 aliphatic carbocycles. The zero-order valence-electron chi connectivity index (χ0n) is 12.7. The quantitative estimate of drug-likeness (QED) is 0.808. The summed E-state index contributed by atoms with van der Waals surface area (Å²) in [6.07, 6.45) is 5.56. The fourth-order valence-corrected chi connectivity index (χ4v) is 2.79. The first kappa shape index (κ1) is 13.3. The fraction of sp³-hybridized carbons (Fsp3) is 0.294. The monoisotopic (exact) mass is 294 g/mol. The Morgan fingerprint density at radius 1 is 1.27 bits per heavy atom. The van der Waals surface area contributed by atoms with E-state index in [0.717, 1.165) is 35.9 Å². The Labute approximate surface area is 129 Å². The molecule has 5 nitrogen and oxygen atoms in total. The number of ether oxygens (including phenoxy) is 1. The molecule has 0 bridgehead atoms. The number of rotatable bonds is 3. The average Bonchev–Trinajstić information content (AvgIpc) is 3.17. The molecule has 0 radical (unpaired) electrons. The van der Waals surface area contributed by atoms with E-state index in [2.05, 4.69) is 53.3 Å². The van der Waals surface area contributed by atoms with Gasteiger partial charge in [0.15, 0.2) is 0 Å². The largest absolute Gasteiger partial charge is 0.379 e. The van der Waals surface area contributed by atoms with E-state index in [1.54, 1.807) is 6.20 Å². The number of hydrogen-bond donors (Lipinski definition) is 1. The van der Waals surface area contributed by atoms with Gasteiger partial charge in [-0.15, -0.1) is 0 Å². The van der Waals surface area contributed by atoms with Crippen LogP contribution >= 0.6 is 0 Å². The highest BCUT2D eigenvalue weighted by molar-refractivity contribution is 5.64. The summed E-state index contributed by atoms with van der Waals surface area (Å²) in [4.78, 5) is 4.12. The van der Waals surface area contributed by atoms with Crippen molar-refractivity contribution < 1.29 is 4.74 Å². The second-order valence-electron chi connectivity index (χ2n) is 6.19. The van der Waals surface area contributed by atoms with Crippen LogP contribution in [0.25, 0.3) is 16.9 Å². The molecule has 22 heavy (non-hydrogen) atoms. The molecule has 1 aliphatic heterocycles. The number of hydrogen-bond acceptors (Lipinski definition) is 3. The predicted octanol–water partition coefficient (Wildman–Crippen LogP) is 2.86. The minimum Gasteiger partial charge on any atom is -0.379 e. The van der Waals surface area contributed by atoms with Gasteiger partial charge in [0, 0.05) is 23.7 Å². The van der Waals surface area contributed by atoms with Gasteiger partial charge in [-0.1, -0.05) is 12.1 Å². The molecule has 0 atom stereocenters. The number of nitrogens with one attached hydrogen (secondary N) is 1.